The van der Waals surface area contributed by atoms with E-state index >= 15 is 0 Å². The predicted molar refractivity (Wildman–Crippen MR) is 120 cm³/mol. The Morgan fingerprint density at radius 1 is 1.10 bits per heavy atom. The summed E-state index contributed by atoms with van der Waals surface area (Å²) in [7, 11) is 5.48. The van der Waals surface area contributed by atoms with Crippen molar-refractivity contribution in [2.24, 2.45) is 7.05 Å². The average molecular weight is 574 g/mol. The maximum atomic E-state index is 11.7. The number of carbonyl (C=O) groups is 3. The van der Waals surface area contributed by atoms with Gasteiger partial charge in [-0.25, -0.2) is 14.6 Å². The maximum Gasteiger partial charge on any atom is 0.490 e. The molecule has 11 nitrogen and oxygen atoms in total. The summed E-state index contributed by atoms with van der Waals surface area (Å²) in [6.07, 6.45) is -8.32. The molecular weight excluding hydrogens is 546 g/mol. The third kappa shape index (κ3) is 11.4. The van der Waals surface area contributed by atoms with E-state index in [0.717, 1.165) is 36.8 Å². The number of halogens is 6. The SMILES string of the molecule is Cc1ccc(CN2Cc3ncn(C)c3C(COCC(=O)N(C)C)C2)o1.O=C(O)C(F)(F)F.O=C(O)C(F)(F)F. The van der Waals surface area contributed by atoms with E-state index in [9.17, 15) is 31.1 Å². The fraction of sp³-hybridized carbons (Fsp3) is 0.545. The highest BCUT2D eigenvalue weighted by Crippen LogP contribution is 2.29. The number of aliphatic carboxylic acids is 2. The molecule has 1 aliphatic rings. The van der Waals surface area contributed by atoms with Gasteiger partial charge in [0.2, 0.25) is 5.91 Å². The van der Waals surface area contributed by atoms with E-state index in [1.807, 2.05) is 32.4 Å². The minimum atomic E-state index is -5.08. The van der Waals surface area contributed by atoms with Gasteiger partial charge in [-0.3, -0.25) is 9.69 Å². The molecule has 2 aromatic rings. The summed E-state index contributed by atoms with van der Waals surface area (Å²) in [6, 6.07) is 4.00. The number of carboxylic acids is 2. The number of amides is 1. The standard InChI is InChI=1S/C18H26N4O3.2C2HF3O2/c1-13-5-6-15(25-13)8-22-7-14(10-24-11-17(23)20(2)3)18-16(9-22)19-12-21(18)4;2*3-2(4,5)1(6)7/h5-6,12,14H,7-11H2,1-4H3;2*(H,6,7). The molecule has 0 spiro atoms. The molecular formula is C22H28F6N4O7. The molecule has 17 heteroatoms. The Labute approximate surface area is 218 Å². The quantitative estimate of drug-likeness (QED) is 0.499. The van der Waals surface area contributed by atoms with Gasteiger partial charge in [-0.15, -0.1) is 0 Å². The number of hydrogen-bond acceptors (Lipinski definition) is 7. The van der Waals surface area contributed by atoms with Gasteiger partial charge >= 0.3 is 24.3 Å². The molecule has 3 heterocycles. The number of fused-ring (bicyclic) bond motifs is 1. The zero-order valence-corrected chi connectivity index (χ0v) is 21.3. The Bertz CT molecular complexity index is 1090. The molecule has 1 amide bonds. The molecule has 0 saturated heterocycles. The van der Waals surface area contributed by atoms with Crippen LogP contribution in [-0.4, -0.2) is 93.6 Å². The lowest BCUT2D eigenvalue weighted by Crippen LogP contribution is -2.36. The van der Waals surface area contributed by atoms with E-state index in [2.05, 4.69) is 14.5 Å². The van der Waals surface area contributed by atoms with Crippen LogP contribution in [0.5, 0.6) is 0 Å². The number of furan rings is 1. The highest BCUT2D eigenvalue weighted by molar-refractivity contribution is 5.76. The lowest BCUT2D eigenvalue weighted by Gasteiger charge is -2.32. The summed E-state index contributed by atoms with van der Waals surface area (Å²) in [5.74, 6) is -3.47. The minimum absolute atomic E-state index is 0.0241. The van der Waals surface area contributed by atoms with Gasteiger partial charge < -0.3 is 28.8 Å². The van der Waals surface area contributed by atoms with Crippen molar-refractivity contribution >= 4 is 17.8 Å². The fourth-order valence-corrected chi connectivity index (χ4v) is 3.27. The molecule has 3 rings (SSSR count). The number of rotatable bonds is 6. The molecule has 2 aromatic heterocycles. The summed E-state index contributed by atoms with van der Waals surface area (Å²) in [6.45, 7) is 4.95. The Hall–Kier alpha value is -3.60. The van der Waals surface area contributed by atoms with Gasteiger partial charge in [0, 0.05) is 45.8 Å². The van der Waals surface area contributed by atoms with Crippen molar-refractivity contribution in [2.45, 2.75) is 38.3 Å². The van der Waals surface area contributed by atoms with E-state index in [-0.39, 0.29) is 18.4 Å². The van der Waals surface area contributed by atoms with Crippen LogP contribution in [-0.2, 0) is 39.3 Å². The second-order valence-electron chi connectivity index (χ2n) is 8.48. The molecule has 220 valence electrons. The lowest BCUT2D eigenvalue weighted by atomic mass is 9.99. The molecule has 39 heavy (non-hydrogen) atoms. The number of nitrogens with zero attached hydrogens (tertiary/aromatic N) is 4. The fourth-order valence-electron chi connectivity index (χ4n) is 3.27. The Morgan fingerprint density at radius 2 is 1.64 bits per heavy atom. The second-order valence-corrected chi connectivity index (χ2v) is 8.48. The zero-order valence-electron chi connectivity index (χ0n) is 21.3. The van der Waals surface area contributed by atoms with E-state index in [1.165, 1.54) is 5.69 Å². The Morgan fingerprint density at radius 3 is 2.08 bits per heavy atom. The molecule has 0 bridgehead atoms. The van der Waals surface area contributed by atoms with Gasteiger partial charge in [0.15, 0.2) is 0 Å². The van der Waals surface area contributed by atoms with Crippen LogP contribution in [0, 0.1) is 6.92 Å². The van der Waals surface area contributed by atoms with Crippen LogP contribution in [0.15, 0.2) is 22.9 Å². The van der Waals surface area contributed by atoms with Crippen LogP contribution < -0.4 is 0 Å². The number of likely N-dealkylation sites (N-methyl/N-ethyl adjacent to an activating group) is 1. The Kier molecular flexibility index (Phi) is 12.0. The molecule has 0 aliphatic carbocycles. The van der Waals surface area contributed by atoms with E-state index in [1.54, 1.807) is 19.0 Å². The van der Waals surface area contributed by atoms with Crippen LogP contribution in [0.1, 0.15) is 28.8 Å². The largest absolute Gasteiger partial charge is 0.490 e. The van der Waals surface area contributed by atoms with Crippen LogP contribution in [0.3, 0.4) is 0 Å². The summed E-state index contributed by atoms with van der Waals surface area (Å²) in [5.41, 5.74) is 2.27. The zero-order chi connectivity index (χ0) is 30.1. The molecule has 1 unspecified atom stereocenters. The number of carboxylic acid groups (broad SMARTS) is 2. The number of carbonyl (C=O) groups excluding carboxylic acids is 1. The van der Waals surface area contributed by atoms with Gasteiger partial charge in [-0.2, -0.15) is 26.3 Å². The maximum absolute atomic E-state index is 11.7. The van der Waals surface area contributed by atoms with Crippen molar-refractivity contribution < 1.29 is 60.1 Å². The molecule has 0 aromatic carbocycles. The monoisotopic (exact) mass is 574 g/mol. The highest BCUT2D eigenvalue weighted by Gasteiger charge is 2.39. The van der Waals surface area contributed by atoms with Gasteiger partial charge in [0.1, 0.15) is 18.1 Å². The van der Waals surface area contributed by atoms with Crippen LogP contribution in [0.2, 0.25) is 0 Å². The molecule has 1 atom stereocenters. The number of aromatic nitrogens is 2. The topological polar surface area (TPSA) is 138 Å². The number of alkyl halides is 6. The summed E-state index contributed by atoms with van der Waals surface area (Å²) >= 11 is 0. The summed E-state index contributed by atoms with van der Waals surface area (Å²) in [5, 5.41) is 14.2. The molecule has 2 N–H and O–H groups in total. The van der Waals surface area contributed by atoms with Crippen molar-refractivity contribution in [1.82, 2.24) is 19.4 Å². The van der Waals surface area contributed by atoms with E-state index in [0.29, 0.717) is 6.61 Å². The predicted octanol–water partition coefficient (Wildman–Crippen LogP) is 2.79. The van der Waals surface area contributed by atoms with Crippen LogP contribution in [0.25, 0.3) is 0 Å². The first kappa shape index (κ1) is 33.4. The van der Waals surface area contributed by atoms with Gasteiger partial charge in [-0.05, 0) is 19.1 Å². The van der Waals surface area contributed by atoms with E-state index in [4.69, 9.17) is 29.0 Å². The van der Waals surface area contributed by atoms with Crippen molar-refractivity contribution in [3.05, 3.63) is 41.4 Å². The van der Waals surface area contributed by atoms with Gasteiger partial charge in [0.25, 0.3) is 0 Å². The number of hydrogen-bond donors (Lipinski definition) is 2. The third-order valence-electron chi connectivity index (χ3n) is 5.00. The number of aryl methyl sites for hydroxylation is 2. The number of imidazole rings is 1. The molecule has 0 saturated carbocycles. The Balaban J connectivity index is 0.000000449. The lowest BCUT2D eigenvalue weighted by molar-refractivity contribution is -0.193. The first-order chi connectivity index (χ1) is 17.8. The molecule has 0 fully saturated rings. The second kappa shape index (κ2) is 14.0. The first-order valence-electron chi connectivity index (χ1n) is 11.0. The third-order valence-corrected chi connectivity index (χ3v) is 5.00. The van der Waals surface area contributed by atoms with Crippen LogP contribution in [0.4, 0.5) is 26.3 Å². The van der Waals surface area contributed by atoms with Crippen molar-refractivity contribution in [1.29, 1.82) is 0 Å². The average Bonchev–Trinajstić information content (AvgIpc) is 3.38. The molecule has 0 radical (unpaired) electrons. The summed E-state index contributed by atoms with van der Waals surface area (Å²) < 4.78 is 76.9. The number of ether oxygens (including phenoxy) is 1. The van der Waals surface area contributed by atoms with Gasteiger partial charge in [0.05, 0.1) is 25.2 Å². The van der Waals surface area contributed by atoms with Crippen molar-refractivity contribution in [3.8, 4) is 0 Å². The minimum Gasteiger partial charge on any atom is -0.475 e. The van der Waals surface area contributed by atoms with Gasteiger partial charge in [-0.1, -0.05) is 0 Å². The first-order valence-corrected chi connectivity index (χ1v) is 11.0. The van der Waals surface area contributed by atoms with Crippen molar-refractivity contribution in [2.75, 3.05) is 33.9 Å². The van der Waals surface area contributed by atoms with Crippen molar-refractivity contribution in [3.63, 3.8) is 0 Å². The summed E-state index contributed by atoms with van der Waals surface area (Å²) in [4.78, 5) is 37.9. The normalized spacial score (nSPS) is 15.3. The smallest absolute Gasteiger partial charge is 0.475 e. The van der Waals surface area contributed by atoms with Crippen LogP contribution >= 0.6 is 0 Å². The highest BCUT2D eigenvalue weighted by atomic mass is 19.4. The molecule has 1 aliphatic heterocycles. The van der Waals surface area contributed by atoms with E-state index < -0.39 is 24.3 Å².